The minimum absolute atomic E-state index is 0.00692. The van der Waals surface area contributed by atoms with Crippen molar-refractivity contribution in [1.82, 2.24) is 0 Å². The summed E-state index contributed by atoms with van der Waals surface area (Å²) >= 11 is 0. The third-order valence-corrected chi connectivity index (χ3v) is 3.18. The number of carboxylic acid groups (broad SMARTS) is 1. The van der Waals surface area contributed by atoms with Gasteiger partial charge in [0.25, 0.3) is 0 Å². The van der Waals surface area contributed by atoms with E-state index in [0.29, 0.717) is 16.7 Å². The molecule has 0 saturated heterocycles. The van der Waals surface area contributed by atoms with Gasteiger partial charge in [-0.15, -0.1) is 0 Å². The van der Waals surface area contributed by atoms with Gasteiger partial charge in [0.15, 0.2) is 0 Å². The summed E-state index contributed by atoms with van der Waals surface area (Å²) in [7, 11) is 0. The van der Waals surface area contributed by atoms with Crippen LogP contribution in [0.2, 0.25) is 0 Å². The first-order valence-corrected chi connectivity index (χ1v) is 6.86. The van der Waals surface area contributed by atoms with Gasteiger partial charge >= 0.3 is 12.1 Å². The Kier molecular flexibility index (Phi) is 5.08. The molecule has 0 unspecified atom stereocenters. The largest absolute Gasteiger partial charge is 0.508 e. The van der Waals surface area contributed by atoms with Crippen molar-refractivity contribution in [3.8, 4) is 5.75 Å². The van der Waals surface area contributed by atoms with Gasteiger partial charge in [-0.3, -0.25) is 0 Å². The Morgan fingerprint density at radius 3 is 2.21 bits per heavy atom. The Morgan fingerprint density at radius 1 is 1.00 bits per heavy atom. The molecule has 24 heavy (non-hydrogen) atoms. The van der Waals surface area contributed by atoms with Gasteiger partial charge in [-0.1, -0.05) is 36.4 Å². The number of allylic oxidation sites excluding steroid dienone is 2. The predicted octanol–water partition coefficient (Wildman–Crippen LogP) is 4.48. The number of rotatable bonds is 4. The number of halogens is 3. The van der Waals surface area contributed by atoms with Crippen LogP contribution in [0.4, 0.5) is 13.2 Å². The van der Waals surface area contributed by atoms with Crippen LogP contribution in [0, 0.1) is 0 Å². The van der Waals surface area contributed by atoms with E-state index in [1.54, 1.807) is 12.1 Å². The van der Waals surface area contributed by atoms with E-state index in [-0.39, 0.29) is 5.75 Å². The molecule has 0 fully saturated rings. The molecule has 0 aliphatic carbocycles. The number of phenolic OH excluding ortho intramolecular Hbond substituents is 1. The van der Waals surface area contributed by atoms with E-state index >= 15 is 0 Å². The van der Waals surface area contributed by atoms with Gasteiger partial charge < -0.3 is 10.2 Å². The SMILES string of the molecule is O=C(O)/C=C/C=C(\c1ccc(C(F)(F)F)cc1)c1cccc(O)c1. The van der Waals surface area contributed by atoms with Gasteiger partial charge in [0.2, 0.25) is 0 Å². The lowest BCUT2D eigenvalue weighted by molar-refractivity contribution is -0.137. The summed E-state index contributed by atoms with van der Waals surface area (Å²) < 4.78 is 38.0. The number of aliphatic carboxylic acids is 1. The number of carboxylic acids is 1. The van der Waals surface area contributed by atoms with Crippen molar-refractivity contribution < 1.29 is 28.2 Å². The third-order valence-electron chi connectivity index (χ3n) is 3.18. The molecule has 2 N–H and O–H groups in total. The maximum atomic E-state index is 12.7. The summed E-state index contributed by atoms with van der Waals surface area (Å²) in [4.78, 5) is 10.6. The molecule has 0 bridgehead atoms. The first-order valence-electron chi connectivity index (χ1n) is 6.86. The quantitative estimate of drug-likeness (QED) is 0.640. The molecule has 0 saturated carbocycles. The highest BCUT2D eigenvalue weighted by Crippen LogP contribution is 2.32. The van der Waals surface area contributed by atoms with Gasteiger partial charge in [0, 0.05) is 6.08 Å². The van der Waals surface area contributed by atoms with Gasteiger partial charge in [-0.05, 0) is 41.0 Å². The number of hydrogen-bond donors (Lipinski definition) is 2. The van der Waals surface area contributed by atoms with Crippen molar-refractivity contribution >= 4 is 11.5 Å². The van der Waals surface area contributed by atoms with Gasteiger partial charge in [-0.2, -0.15) is 13.2 Å². The van der Waals surface area contributed by atoms with Crippen LogP contribution in [-0.2, 0) is 11.0 Å². The highest BCUT2D eigenvalue weighted by atomic mass is 19.4. The lowest BCUT2D eigenvalue weighted by atomic mass is 9.96. The minimum Gasteiger partial charge on any atom is -0.508 e. The molecule has 2 aromatic rings. The number of benzene rings is 2. The molecule has 0 aromatic heterocycles. The van der Waals surface area contributed by atoms with E-state index in [2.05, 4.69) is 0 Å². The molecular formula is C18H13F3O3. The Labute approximate surface area is 136 Å². The summed E-state index contributed by atoms with van der Waals surface area (Å²) in [5, 5.41) is 18.2. The fourth-order valence-corrected chi connectivity index (χ4v) is 2.10. The van der Waals surface area contributed by atoms with Crippen LogP contribution < -0.4 is 0 Å². The van der Waals surface area contributed by atoms with E-state index in [1.807, 2.05) is 0 Å². The van der Waals surface area contributed by atoms with Crippen LogP contribution in [0.5, 0.6) is 5.75 Å². The molecule has 0 spiro atoms. The molecule has 2 aromatic carbocycles. The van der Waals surface area contributed by atoms with Crippen molar-refractivity contribution in [2.45, 2.75) is 6.18 Å². The second-order valence-electron chi connectivity index (χ2n) is 4.90. The average molecular weight is 334 g/mol. The molecule has 2 rings (SSSR count). The van der Waals surface area contributed by atoms with E-state index in [0.717, 1.165) is 18.2 Å². The van der Waals surface area contributed by atoms with E-state index in [4.69, 9.17) is 5.11 Å². The summed E-state index contributed by atoms with van der Waals surface area (Å²) in [6.07, 6.45) is -0.783. The Morgan fingerprint density at radius 2 is 1.67 bits per heavy atom. The van der Waals surface area contributed by atoms with Crippen molar-refractivity contribution in [3.05, 3.63) is 83.4 Å². The first kappa shape index (κ1) is 17.3. The molecule has 0 aliphatic heterocycles. The van der Waals surface area contributed by atoms with Crippen LogP contribution in [-0.4, -0.2) is 16.2 Å². The second-order valence-corrected chi connectivity index (χ2v) is 4.90. The summed E-state index contributed by atoms with van der Waals surface area (Å²) in [6, 6.07) is 10.7. The van der Waals surface area contributed by atoms with Gasteiger partial charge in [-0.25, -0.2) is 4.79 Å². The van der Waals surface area contributed by atoms with Crippen LogP contribution >= 0.6 is 0 Å². The molecule has 0 aliphatic rings. The van der Waals surface area contributed by atoms with Crippen LogP contribution in [0.15, 0.2) is 66.8 Å². The Hall–Kier alpha value is -3.02. The predicted molar refractivity (Wildman–Crippen MR) is 83.4 cm³/mol. The van der Waals surface area contributed by atoms with Crippen LogP contribution in [0.1, 0.15) is 16.7 Å². The smallest absolute Gasteiger partial charge is 0.416 e. The van der Waals surface area contributed by atoms with E-state index < -0.39 is 17.7 Å². The second kappa shape index (κ2) is 7.04. The molecule has 124 valence electrons. The fourth-order valence-electron chi connectivity index (χ4n) is 2.10. The molecule has 6 heteroatoms. The zero-order chi connectivity index (χ0) is 17.7. The van der Waals surface area contributed by atoms with Crippen molar-refractivity contribution in [2.24, 2.45) is 0 Å². The molecule has 0 atom stereocenters. The highest BCUT2D eigenvalue weighted by Gasteiger charge is 2.30. The number of hydrogen-bond acceptors (Lipinski definition) is 2. The summed E-state index contributed by atoms with van der Waals surface area (Å²) in [6.45, 7) is 0. The fraction of sp³-hybridized carbons (Fsp3) is 0.0556. The molecule has 0 heterocycles. The molecular weight excluding hydrogens is 321 g/mol. The van der Waals surface area contributed by atoms with Crippen molar-refractivity contribution in [2.75, 3.05) is 0 Å². The lowest BCUT2D eigenvalue weighted by Gasteiger charge is -2.11. The Bertz CT molecular complexity index is 788. The maximum Gasteiger partial charge on any atom is 0.416 e. The molecule has 3 nitrogen and oxygen atoms in total. The van der Waals surface area contributed by atoms with Gasteiger partial charge in [0.1, 0.15) is 5.75 Å². The zero-order valence-electron chi connectivity index (χ0n) is 12.3. The van der Waals surface area contributed by atoms with Crippen LogP contribution in [0.25, 0.3) is 5.57 Å². The normalized spacial score (nSPS) is 12.5. The molecule has 0 amide bonds. The highest BCUT2D eigenvalue weighted by molar-refractivity contribution is 5.84. The van der Waals surface area contributed by atoms with Crippen LogP contribution in [0.3, 0.4) is 0 Å². The summed E-state index contributed by atoms with van der Waals surface area (Å²) in [5.41, 5.74) is 0.716. The number of carbonyl (C=O) groups is 1. The molecule has 0 radical (unpaired) electrons. The van der Waals surface area contributed by atoms with E-state index in [1.165, 1.54) is 36.4 Å². The first-order chi connectivity index (χ1) is 11.3. The maximum absolute atomic E-state index is 12.7. The number of aromatic hydroxyl groups is 1. The minimum atomic E-state index is -4.43. The third kappa shape index (κ3) is 4.49. The van der Waals surface area contributed by atoms with Crippen molar-refractivity contribution in [1.29, 1.82) is 0 Å². The topological polar surface area (TPSA) is 57.5 Å². The van der Waals surface area contributed by atoms with E-state index in [9.17, 15) is 23.1 Å². The Balaban J connectivity index is 2.48. The zero-order valence-corrected chi connectivity index (χ0v) is 12.3. The van der Waals surface area contributed by atoms with Crippen molar-refractivity contribution in [3.63, 3.8) is 0 Å². The number of phenols is 1. The standard InChI is InChI=1S/C18H13F3O3/c19-18(20,21)14-9-7-12(8-10-14)16(5-2-6-17(23)24)13-3-1-4-15(22)11-13/h1-11,22H,(H,23,24)/b6-2+,16-5+. The monoisotopic (exact) mass is 334 g/mol. The summed E-state index contributed by atoms with van der Waals surface area (Å²) in [5.74, 6) is -1.15. The lowest BCUT2D eigenvalue weighted by Crippen LogP contribution is -2.04. The number of alkyl halides is 3. The average Bonchev–Trinajstić information content (AvgIpc) is 2.50. The van der Waals surface area contributed by atoms with Gasteiger partial charge in [0.05, 0.1) is 5.56 Å².